The summed E-state index contributed by atoms with van der Waals surface area (Å²) in [7, 11) is 0. The highest BCUT2D eigenvalue weighted by Crippen LogP contribution is 2.49. The molecule has 24 heavy (non-hydrogen) atoms. The highest BCUT2D eigenvalue weighted by Gasteiger charge is 2.51. The molecule has 3 rings (SSSR count). The quantitative estimate of drug-likeness (QED) is 0.924. The molecule has 0 unspecified atom stereocenters. The second kappa shape index (κ2) is 6.96. The molecule has 4 heteroatoms. The van der Waals surface area contributed by atoms with E-state index < -0.39 is 0 Å². The van der Waals surface area contributed by atoms with E-state index in [1.807, 2.05) is 49.1 Å². The van der Waals surface area contributed by atoms with E-state index in [9.17, 15) is 9.59 Å². The number of likely N-dealkylation sites (tertiary alicyclic amines) is 1. The summed E-state index contributed by atoms with van der Waals surface area (Å²) in [6.45, 7) is 5.54. The van der Waals surface area contributed by atoms with Gasteiger partial charge in [0.15, 0.2) is 0 Å². The van der Waals surface area contributed by atoms with Crippen molar-refractivity contribution in [3.05, 3.63) is 35.9 Å². The van der Waals surface area contributed by atoms with Crippen LogP contribution in [-0.4, -0.2) is 35.8 Å². The first kappa shape index (κ1) is 17.0. The van der Waals surface area contributed by atoms with Gasteiger partial charge in [0.2, 0.25) is 11.8 Å². The van der Waals surface area contributed by atoms with Crippen LogP contribution in [0.25, 0.3) is 0 Å². The van der Waals surface area contributed by atoms with E-state index in [0.717, 1.165) is 44.3 Å². The fourth-order valence-electron chi connectivity index (χ4n) is 4.41. The van der Waals surface area contributed by atoms with Crippen LogP contribution in [0.3, 0.4) is 0 Å². The zero-order valence-corrected chi connectivity index (χ0v) is 14.8. The van der Waals surface area contributed by atoms with Crippen molar-refractivity contribution in [1.29, 1.82) is 0 Å². The summed E-state index contributed by atoms with van der Waals surface area (Å²) in [6.07, 6.45) is 4.54. The van der Waals surface area contributed by atoms with Gasteiger partial charge in [0.1, 0.15) is 0 Å². The monoisotopic (exact) mass is 328 g/mol. The van der Waals surface area contributed by atoms with Crippen molar-refractivity contribution >= 4 is 11.8 Å². The molecule has 1 aromatic carbocycles. The van der Waals surface area contributed by atoms with Crippen molar-refractivity contribution in [2.24, 2.45) is 11.3 Å². The largest absolute Gasteiger partial charge is 0.354 e. The molecular weight excluding hydrogens is 300 g/mol. The Morgan fingerprint density at radius 1 is 1.25 bits per heavy atom. The maximum Gasteiger partial charge on any atom is 0.227 e. The second-order valence-electron chi connectivity index (χ2n) is 7.70. The first-order valence-corrected chi connectivity index (χ1v) is 9.12. The van der Waals surface area contributed by atoms with Gasteiger partial charge < -0.3 is 10.2 Å². The fraction of sp³-hybridized carbons (Fsp3) is 0.600. The van der Waals surface area contributed by atoms with Gasteiger partial charge >= 0.3 is 0 Å². The van der Waals surface area contributed by atoms with E-state index >= 15 is 0 Å². The number of rotatable bonds is 4. The zero-order valence-electron chi connectivity index (χ0n) is 14.8. The average molecular weight is 328 g/mol. The molecule has 1 saturated carbocycles. The lowest BCUT2D eigenvalue weighted by Gasteiger charge is -2.31. The van der Waals surface area contributed by atoms with Gasteiger partial charge in [-0.15, -0.1) is 0 Å². The lowest BCUT2D eigenvalue weighted by Crippen LogP contribution is -2.43. The molecule has 1 heterocycles. The number of benzene rings is 1. The lowest BCUT2D eigenvalue weighted by molar-refractivity contribution is -0.132. The zero-order chi connectivity index (χ0) is 17.2. The summed E-state index contributed by atoms with van der Waals surface area (Å²) in [4.78, 5) is 27.2. The third-order valence-corrected chi connectivity index (χ3v) is 5.59. The summed E-state index contributed by atoms with van der Waals surface area (Å²) in [6, 6.07) is 10.1. The third-order valence-electron chi connectivity index (χ3n) is 5.59. The van der Waals surface area contributed by atoms with Gasteiger partial charge in [-0.25, -0.2) is 0 Å². The van der Waals surface area contributed by atoms with Gasteiger partial charge in [0, 0.05) is 30.5 Å². The van der Waals surface area contributed by atoms with Crippen LogP contribution in [0.5, 0.6) is 0 Å². The Kier molecular flexibility index (Phi) is 4.93. The van der Waals surface area contributed by atoms with Crippen molar-refractivity contribution < 1.29 is 9.59 Å². The number of hydrogen-bond donors (Lipinski definition) is 1. The smallest absolute Gasteiger partial charge is 0.227 e. The van der Waals surface area contributed by atoms with Crippen LogP contribution in [0.15, 0.2) is 30.3 Å². The van der Waals surface area contributed by atoms with Crippen LogP contribution in [0, 0.1) is 11.3 Å². The fourth-order valence-corrected chi connectivity index (χ4v) is 4.41. The minimum atomic E-state index is 0.00528. The van der Waals surface area contributed by atoms with Crippen molar-refractivity contribution in [2.75, 3.05) is 13.1 Å². The van der Waals surface area contributed by atoms with E-state index in [-0.39, 0.29) is 29.2 Å². The molecule has 1 aliphatic carbocycles. The highest BCUT2D eigenvalue weighted by atomic mass is 16.2. The minimum absolute atomic E-state index is 0.00528. The summed E-state index contributed by atoms with van der Waals surface area (Å²) in [5.74, 6) is 0.433. The van der Waals surface area contributed by atoms with Crippen LogP contribution in [0.2, 0.25) is 0 Å². The summed E-state index contributed by atoms with van der Waals surface area (Å²) in [5, 5.41) is 3.08. The SMILES string of the molecule is CC(C)NC(=O)[C@H]1CCC[C@]12CCN(C(=O)Cc1ccccc1)C2. The van der Waals surface area contributed by atoms with Gasteiger partial charge in [-0.05, 0) is 38.7 Å². The number of carbonyl (C=O) groups excluding carboxylic acids is 2. The Bertz CT molecular complexity index is 599. The predicted octanol–water partition coefficient (Wildman–Crippen LogP) is 2.77. The standard InChI is InChI=1S/C20H28N2O2/c1-15(2)21-19(24)17-9-6-10-20(17)11-12-22(14-20)18(23)13-16-7-4-3-5-8-16/h3-5,7-8,15,17H,6,9-14H2,1-2H3,(H,21,24)/t17-,20-/m1/s1. The normalized spacial score (nSPS) is 26.3. The van der Waals surface area contributed by atoms with Gasteiger partial charge in [-0.1, -0.05) is 36.8 Å². The molecule has 2 atom stereocenters. The molecule has 0 aromatic heterocycles. The first-order chi connectivity index (χ1) is 11.5. The molecule has 1 N–H and O–H groups in total. The molecule has 4 nitrogen and oxygen atoms in total. The molecule has 130 valence electrons. The molecule has 2 aliphatic rings. The molecule has 0 bridgehead atoms. The first-order valence-electron chi connectivity index (χ1n) is 9.12. The number of carbonyl (C=O) groups is 2. The van der Waals surface area contributed by atoms with E-state index in [0.29, 0.717) is 6.42 Å². The third kappa shape index (κ3) is 3.47. The number of nitrogens with one attached hydrogen (secondary N) is 1. The predicted molar refractivity (Wildman–Crippen MR) is 94.4 cm³/mol. The molecule has 1 saturated heterocycles. The maximum absolute atomic E-state index is 12.6. The molecule has 2 fully saturated rings. The Labute approximate surface area is 144 Å². The number of nitrogens with zero attached hydrogens (tertiary/aromatic N) is 1. The number of amides is 2. The molecule has 1 spiro atoms. The topological polar surface area (TPSA) is 49.4 Å². The number of hydrogen-bond acceptors (Lipinski definition) is 2. The van der Waals surface area contributed by atoms with E-state index in [1.165, 1.54) is 0 Å². The van der Waals surface area contributed by atoms with Crippen LogP contribution >= 0.6 is 0 Å². The Balaban J connectivity index is 1.65. The van der Waals surface area contributed by atoms with E-state index in [1.54, 1.807) is 0 Å². The van der Waals surface area contributed by atoms with Crippen LogP contribution in [0.1, 0.15) is 45.1 Å². The Hall–Kier alpha value is -1.84. The minimum Gasteiger partial charge on any atom is -0.354 e. The van der Waals surface area contributed by atoms with Crippen LogP contribution < -0.4 is 5.32 Å². The van der Waals surface area contributed by atoms with Crippen molar-refractivity contribution in [2.45, 2.75) is 52.0 Å². The molecular formula is C20H28N2O2. The molecule has 1 aromatic rings. The maximum atomic E-state index is 12.6. The second-order valence-corrected chi connectivity index (χ2v) is 7.70. The summed E-state index contributed by atoms with van der Waals surface area (Å²) in [5.41, 5.74) is 1.06. The molecule has 0 radical (unpaired) electrons. The summed E-state index contributed by atoms with van der Waals surface area (Å²) >= 11 is 0. The van der Waals surface area contributed by atoms with Crippen LogP contribution in [0.4, 0.5) is 0 Å². The van der Waals surface area contributed by atoms with Gasteiger partial charge in [-0.3, -0.25) is 9.59 Å². The van der Waals surface area contributed by atoms with Gasteiger partial charge in [0.25, 0.3) is 0 Å². The Morgan fingerprint density at radius 3 is 2.71 bits per heavy atom. The van der Waals surface area contributed by atoms with Crippen molar-refractivity contribution in [3.63, 3.8) is 0 Å². The molecule has 2 amide bonds. The van der Waals surface area contributed by atoms with Crippen molar-refractivity contribution in [3.8, 4) is 0 Å². The van der Waals surface area contributed by atoms with Gasteiger partial charge in [-0.2, -0.15) is 0 Å². The lowest BCUT2D eigenvalue weighted by atomic mass is 9.76. The highest BCUT2D eigenvalue weighted by molar-refractivity contribution is 5.81. The van der Waals surface area contributed by atoms with Crippen LogP contribution in [-0.2, 0) is 16.0 Å². The molecule has 1 aliphatic heterocycles. The van der Waals surface area contributed by atoms with Crippen molar-refractivity contribution in [1.82, 2.24) is 10.2 Å². The summed E-state index contributed by atoms with van der Waals surface area (Å²) < 4.78 is 0. The van der Waals surface area contributed by atoms with E-state index in [2.05, 4.69) is 5.32 Å². The Morgan fingerprint density at radius 2 is 2.00 bits per heavy atom. The van der Waals surface area contributed by atoms with Gasteiger partial charge in [0.05, 0.1) is 6.42 Å². The average Bonchev–Trinajstić information content (AvgIpc) is 3.15. The van der Waals surface area contributed by atoms with E-state index in [4.69, 9.17) is 0 Å².